The summed E-state index contributed by atoms with van der Waals surface area (Å²) in [5.41, 5.74) is 1.30. The number of rotatable bonds is 2. The highest BCUT2D eigenvalue weighted by molar-refractivity contribution is 6.19. The van der Waals surface area contributed by atoms with Crippen molar-refractivity contribution < 1.29 is 17.9 Å². The predicted octanol–water partition coefficient (Wildman–Crippen LogP) is 3.53. The standard InChI is InChI=1S/C12H10ClF3O/c1-9-7-10(3-2-6-13)4-5-11(9)17-8-12(14,15)16/h4-5,7H,6,8H2,1H3. The maximum absolute atomic E-state index is 12.0. The normalized spacial score (nSPS) is 10.6. The maximum atomic E-state index is 12.0. The highest BCUT2D eigenvalue weighted by Gasteiger charge is 2.28. The molecule has 1 aromatic carbocycles. The summed E-state index contributed by atoms with van der Waals surface area (Å²) in [6.45, 7) is 0.373. The van der Waals surface area contributed by atoms with Crippen molar-refractivity contribution in [2.45, 2.75) is 13.1 Å². The van der Waals surface area contributed by atoms with Gasteiger partial charge in [-0.1, -0.05) is 11.8 Å². The van der Waals surface area contributed by atoms with Gasteiger partial charge in [0.1, 0.15) is 5.75 Å². The molecule has 0 N–H and O–H groups in total. The van der Waals surface area contributed by atoms with Gasteiger partial charge in [0, 0.05) is 5.56 Å². The fourth-order valence-corrected chi connectivity index (χ4v) is 1.25. The molecule has 0 atom stereocenters. The minimum atomic E-state index is -4.33. The van der Waals surface area contributed by atoms with Crippen LogP contribution in [-0.2, 0) is 0 Å². The van der Waals surface area contributed by atoms with Gasteiger partial charge < -0.3 is 4.74 Å². The molecule has 17 heavy (non-hydrogen) atoms. The third kappa shape index (κ3) is 5.01. The second-order valence-electron chi connectivity index (χ2n) is 3.32. The first-order chi connectivity index (χ1) is 7.92. The van der Waals surface area contributed by atoms with E-state index in [4.69, 9.17) is 11.6 Å². The monoisotopic (exact) mass is 262 g/mol. The molecule has 0 saturated heterocycles. The molecule has 0 aromatic heterocycles. The molecule has 0 aliphatic rings. The molecule has 0 spiro atoms. The maximum Gasteiger partial charge on any atom is 0.422 e. The smallest absolute Gasteiger partial charge is 0.422 e. The molecule has 0 aliphatic carbocycles. The summed E-state index contributed by atoms with van der Waals surface area (Å²) in [4.78, 5) is 0. The van der Waals surface area contributed by atoms with Gasteiger partial charge in [0.25, 0.3) is 0 Å². The largest absolute Gasteiger partial charge is 0.484 e. The van der Waals surface area contributed by atoms with E-state index in [0.29, 0.717) is 11.1 Å². The second kappa shape index (κ2) is 5.83. The van der Waals surface area contributed by atoms with Crippen LogP contribution in [0.15, 0.2) is 18.2 Å². The lowest BCUT2D eigenvalue weighted by molar-refractivity contribution is -0.153. The summed E-state index contributed by atoms with van der Waals surface area (Å²) in [5.74, 6) is 5.86. The Hall–Kier alpha value is -1.34. The quantitative estimate of drug-likeness (QED) is 0.585. The first-order valence-electron chi connectivity index (χ1n) is 4.77. The van der Waals surface area contributed by atoms with Gasteiger partial charge in [-0.05, 0) is 30.7 Å². The van der Waals surface area contributed by atoms with Crippen LogP contribution in [0.5, 0.6) is 5.75 Å². The Morgan fingerprint density at radius 1 is 1.35 bits per heavy atom. The number of benzene rings is 1. The van der Waals surface area contributed by atoms with Crippen molar-refractivity contribution >= 4 is 11.6 Å². The molecular formula is C12H10ClF3O. The van der Waals surface area contributed by atoms with Crippen LogP contribution in [0.1, 0.15) is 11.1 Å². The summed E-state index contributed by atoms with van der Waals surface area (Å²) in [7, 11) is 0. The van der Waals surface area contributed by atoms with Crippen molar-refractivity contribution in [2.75, 3.05) is 12.5 Å². The van der Waals surface area contributed by atoms with Crippen LogP contribution in [0.3, 0.4) is 0 Å². The Labute approximate surface area is 103 Å². The van der Waals surface area contributed by atoms with Gasteiger partial charge in [0.05, 0.1) is 5.88 Å². The first-order valence-corrected chi connectivity index (χ1v) is 5.31. The van der Waals surface area contributed by atoms with E-state index in [1.807, 2.05) is 0 Å². The van der Waals surface area contributed by atoms with Crippen molar-refractivity contribution in [1.82, 2.24) is 0 Å². The van der Waals surface area contributed by atoms with Gasteiger partial charge in [-0.25, -0.2) is 0 Å². The Kier molecular flexibility index (Phi) is 4.71. The van der Waals surface area contributed by atoms with Crippen LogP contribution in [-0.4, -0.2) is 18.7 Å². The van der Waals surface area contributed by atoms with Gasteiger partial charge in [-0.15, -0.1) is 11.6 Å². The van der Waals surface area contributed by atoms with Crippen LogP contribution < -0.4 is 4.74 Å². The van der Waals surface area contributed by atoms with Crippen molar-refractivity contribution in [1.29, 1.82) is 0 Å². The van der Waals surface area contributed by atoms with Crippen molar-refractivity contribution in [3.05, 3.63) is 29.3 Å². The van der Waals surface area contributed by atoms with E-state index in [0.717, 1.165) is 0 Å². The molecule has 5 heteroatoms. The number of hydrogen-bond acceptors (Lipinski definition) is 1. The topological polar surface area (TPSA) is 9.23 Å². The molecule has 0 unspecified atom stereocenters. The summed E-state index contributed by atoms with van der Waals surface area (Å²) in [5, 5.41) is 0. The molecule has 1 rings (SSSR count). The van der Waals surface area contributed by atoms with Crippen LogP contribution >= 0.6 is 11.6 Å². The minimum Gasteiger partial charge on any atom is -0.484 e. The molecule has 0 amide bonds. The summed E-state index contributed by atoms with van der Waals surface area (Å²) in [6, 6.07) is 4.73. The van der Waals surface area contributed by atoms with E-state index in [-0.39, 0.29) is 11.6 Å². The third-order valence-electron chi connectivity index (χ3n) is 1.87. The summed E-state index contributed by atoms with van der Waals surface area (Å²) in [6.07, 6.45) is -4.33. The number of aryl methyl sites for hydroxylation is 1. The molecular weight excluding hydrogens is 253 g/mol. The van der Waals surface area contributed by atoms with Crippen molar-refractivity contribution in [3.8, 4) is 17.6 Å². The fraction of sp³-hybridized carbons (Fsp3) is 0.333. The zero-order chi connectivity index (χ0) is 12.9. The SMILES string of the molecule is Cc1cc(C#CCCl)ccc1OCC(F)(F)F. The van der Waals surface area contributed by atoms with Crippen LogP contribution in [0, 0.1) is 18.8 Å². The molecule has 0 radical (unpaired) electrons. The number of ether oxygens (including phenoxy) is 1. The number of halogens is 4. The third-order valence-corrected chi connectivity index (χ3v) is 2.00. The average Bonchev–Trinajstić information content (AvgIpc) is 2.23. The van der Waals surface area contributed by atoms with E-state index in [1.165, 1.54) is 6.07 Å². The van der Waals surface area contributed by atoms with Gasteiger partial charge in [0.2, 0.25) is 0 Å². The summed E-state index contributed by atoms with van der Waals surface area (Å²) >= 11 is 5.40. The highest BCUT2D eigenvalue weighted by atomic mass is 35.5. The lowest BCUT2D eigenvalue weighted by Crippen LogP contribution is -2.19. The van der Waals surface area contributed by atoms with Crippen LogP contribution in [0.2, 0.25) is 0 Å². The Morgan fingerprint density at radius 2 is 2.06 bits per heavy atom. The van der Waals surface area contributed by atoms with E-state index in [1.54, 1.807) is 19.1 Å². The number of hydrogen-bond donors (Lipinski definition) is 0. The molecule has 0 bridgehead atoms. The molecule has 0 fully saturated rings. The van der Waals surface area contributed by atoms with E-state index in [9.17, 15) is 13.2 Å². The molecule has 0 heterocycles. The zero-order valence-electron chi connectivity index (χ0n) is 9.07. The van der Waals surface area contributed by atoms with Crippen LogP contribution in [0.4, 0.5) is 13.2 Å². The van der Waals surface area contributed by atoms with Gasteiger partial charge in [-0.3, -0.25) is 0 Å². The Balaban J connectivity index is 2.76. The first kappa shape index (κ1) is 13.7. The van der Waals surface area contributed by atoms with E-state index >= 15 is 0 Å². The van der Waals surface area contributed by atoms with Crippen LogP contribution in [0.25, 0.3) is 0 Å². The van der Waals surface area contributed by atoms with E-state index < -0.39 is 12.8 Å². The van der Waals surface area contributed by atoms with E-state index in [2.05, 4.69) is 16.6 Å². The minimum absolute atomic E-state index is 0.207. The fourth-order valence-electron chi connectivity index (χ4n) is 1.18. The van der Waals surface area contributed by atoms with Gasteiger partial charge in [-0.2, -0.15) is 13.2 Å². The Bertz CT molecular complexity index is 443. The second-order valence-corrected chi connectivity index (χ2v) is 3.59. The number of alkyl halides is 4. The molecule has 1 nitrogen and oxygen atoms in total. The zero-order valence-corrected chi connectivity index (χ0v) is 9.82. The lowest BCUT2D eigenvalue weighted by Gasteiger charge is -2.11. The molecule has 0 saturated carbocycles. The molecule has 92 valence electrons. The highest BCUT2D eigenvalue weighted by Crippen LogP contribution is 2.22. The summed E-state index contributed by atoms with van der Waals surface area (Å²) < 4.78 is 40.5. The molecule has 1 aromatic rings. The van der Waals surface area contributed by atoms with Crippen molar-refractivity contribution in [3.63, 3.8) is 0 Å². The van der Waals surface area contributed by atoms with Gasteiger partial charge in [0.15, 0.2) is 6.61 Å². The average molecular weight is 263 g/mol. The Morgan fingerprint density at radius 3 is 2.59 bits per heavy atom. The molecule has 0 aliphatic heterocycles. The lowest BCUT2D eigenvalue weighted by atomic mass is 10.1. The van der Waals surface area contributed by atoms with Gasteiger partial charge >= 0.3 is 6.18 Å². The predicted molar refractivity (Wildman–Crippen MR) is 60.3 cm³/mol. The van der Waals surface area contributed by atoms with Crippen molar-refractivity contribution in [2.24, 2.45) is 0 Å².